The van der Waals surface area contributed by atoms with Crippen LogP contribution in [0, 0.1) is 0 Å². The van der Waals surface area contributed by atoms with Crippen LogP contribution in [0.15, 0.2) is 18.2 Å². The van der Waals surface area contributed by atoms with E-state index in [1.54, 1.807) is 0 Å². The van der Waals surface area contributed by atoms with E-state index in [1.165, 1.54) is 11.3 Å². The van der Waals surface area contributed by atoms with E-state index in [0.29, 0.717) is 12.1 Å². The molecule has 1 saturated heterocycles. The number of rotatable bonds is 2. The maximum Gasteiger partial charge on any atom is 0.251 e. The van der Waals surface area contributed by atoms with E-state index in [9.17, 15) is 4.79 Å². The van der Waals surface area contributed by atoms with Crippen LogP contribution in [0.4, 0.5) is 5.69 Å². The van der Waals surface area contributed by atoms with Gasteiger partial charge in [0.25, 0.3) is 5.91 Å². The molecule has 0 bridgehead atoms. The van der Waals surface area contributed by atoms with Gasteiger partial charge >= 0.3 is 0 Å². The summed E-state index contributed by atoms with van der Waals surface area (Å²) < 4.78 is 0. The molecule has 22 heavy (non-hydrogen) atoms. The summed E-state index contributed by atoms with van der Waals surface area (Å²) in [4.78, 5) is 14.7. The van der Waals surface area contributed by atoms with Crippen molar-refractivity contribution in [3.05, 3.63) is 29.3 Å². The van der Waals surface area contributed by atoms with Gasteiger partial charge in [-0.2, -0.15) is 0 Å². The second-order valence-corrected chi connectivity index (χ2v) is 6.07. The van der Waals surface area contributed by atoms with Crippen molar-refractivity contribution in [1.29, 1.82) is 0 Å². The molecule has 1 fully saturated rings. The minimum atomic E-state index is 0. The molecule has 3 rings (SSSR count). The molecule has 0 radical (unpaired) electrons. The summed E-state index contributed by atoms with van der Waals surface area (Å²) >= 11 is 0. The molecule has 2 unspecified atom stereocenters. The lowest BCUT2D eigenvalue weighted by atomic mass is 9.98. The molecule has 0 aromatic heterocycles. The average Bonchev–Trinajstić information content (AvgIpc) is 2.90. The van der Waals surface area contributed by atoms with Crippen LogP contribution in [0.3, 0.4) is 0 Å². The highest BCUT2D eigenvalue weighted by Gasteiger charge is 2.24. The lowest BCUT2D eigenvalue weighted by molar-refractivity contribution is 0.0896. The van der Waals surface area contributed by atoms with E-state index in [2.05, 4.69) is 29.5 Å². The second kappa shape index (κ2) is 8.04. The molecule has 124 valence electrons. The third kappa shape index (κ3) is 4.06. The van der Waals surface area contributed by atoms with Gasteiger partial charge in [-0.3, -0.25) is 4.79 Å². The van der Waals surface area contributed by atoms with Gasteiger partial charge in [-0.1, -0.05) is 0 Å². The SMILES string of the molecule is CC1CC(NC(=O)c2ccc3c(c2)CCN3)CCN1C.Cl.Cl. The lowest BCUT2D eigenvalue weighted by Gasteiger charge is -2.35. The summed E-state index contributed by atoms with van der Waals surface area (Å²) in [5, 5.41) is 6.51. The molecule has 2 N–H and O–H groups in total. The Kier molecular flexibility index (Phi) is 6.98. The highest BCUT2D eigenvalue weighted by molar-refractivity contribution is 5.95. The molecular weight excluding hydrogens is 321 g/mol. The van der Waals surface area contributed by atoms with Crippen molar-refractivity contribution in [1.82, 2.24) is 10.2 Å². The Labute approximate surface area is 144 Å². The second-order valence-electron chi connectivity index (χ2n) is 6.07. The largest absolute Gasteiger partial charge is 0.384 e. The Balaban J connectivity index is 0.00000121. The molecule has 6 heteroatoms. The molecule has 1 aromatic carbocycles. The molecule has 2 heterocycles. The van der Waals surface area contributed by atoms with E-state index in [-0.39, 0.29) is 30.7 Å². The Hall–Kier alpha value is -0.970. The van der Waals surface area contributed by atoms with Gasteiger partial charge in [0.1, 0.15) is 0 Å². The van der Waals surface area contributed by atoms with E-state index < -0.39 is 0 Å². The number of carbonyl (C=O) groups is 1. The molecule has 1 amide bonds. The number of carbonyl (C=O) groups excluding carboxylic acids is 1. The van der Waals surface area contributed by atoms with Gasteiger partial charge < -0.3 is 15.5 Å². The number of anilines is 1. The number of nitrogens with zero attached hydrogens (tertiary/aromatic N) is 1. The smallest absolute Gasteiger partial charge is 0.251 e. The minimum absolute atomic E-state index is 0. The summed E-state index contributed by atoms with van der Waals surface area (Å²) in [7, 11) is 2.15. The number of hydrogen-bond donors (Lipinski definition) is 2. The zero-order valence-corrected chi connectivity index (χ0v) is 14.7. The monoisotopic (exact) mass is 345 g/mol. The van der Waals surface area contributed by atoms with Crippen molar-refractivity contribution >= 4 is 36.4 Å². The van der Waals surface area contributed by atoms with E-state index in [4.69, 9.17) is 0 Å². The van der Waals surface area contributed by atoms with Gasteiger partial charge in [0.15, 0.2) is 0 Å². The van der Waals surface area contributed by atoms with Crippen LogP contribution in [0.2, 0.25) is 0 Å². The van der Waals surface area contributed by atoms with Crippen molar-refractivity contribution in [2.75, 3.05) is 25.5 Å². The van der Waals surface area contributed by atoms with Crippen LogP contribution in [0.1, 0.15) is 35.7 Å². The maximum absolute atomic E-state index is 12.4. The molecule has 0 spiro atoms. The maximum atomic E-state index is 12.4. The molecule has 4 nitrogen and oxygen atoms in total. The zero-order valence-electron chi connectivity index (χ0n) is 13.1. The zero-order chi connectivity index (χ0) is 14.1. The topological polar surface area (TPSA) is 44.4 Å². The van der Waals surface area contributed by atoms with Gasteiger partial charge in [0, 0.05) is 36.4 Å². The van der Waals surface area contributed by atoms with Crippen LogP contribution in [-0.4, -0.2) is 43.0 Å². The lowest BCUT2D eigenvalue weighted by Crippen LogP contribution is -2.47. The van der Waals surface area contributed by atoms with Crippen LogP contribution in [-0.2, 0) is 6.42 Å². The fraction of sp³-hybridized carbons (Fsp3) is 0.562. The number of piperidine rings is 1. The average molecular weight is 346 g/mol. The predicted molar refractivity (Wildman–Crippen MR) is 95.7 cm³/mol. The standard InChI is InChI=1S/C16H23N3O.2ClH/c1-11-9-14(6-8-19(11)2)18-16(20)13-3-4-15-12(10-13)5-7-17-15;;/h3-4,10-11,14,17H,5-9H2,1-2H3,(H,18,20);2*1H. The number of hydrogen-bond acceptors (Lipinski definition) is 3. The Morgan fingerprint density at radius 1 is 1.36 bits per heavy atom. The van der Waals surface area contributed by atoms with Crippen LogP contribution in [0.5, 0.6) is 0 Å². The van der Waals surface area contributed by atoms with Crippen molar-refractivity contribution < 1.29 is 4.79 Å². The number of fused-ring (bicyclic) bond motifs is 1. The highest BCUT2D eigenvalue weighted by atomic mass is 35.5. The molecule has 2 aliphatic rings. The number of benzene rings is 1. The first-order chi connectivity index (χ1) is 9.63. The third-order valence-electron chi connectivity index (χ3n) is 4.62. The van der Waals surface area contributed by atoms with Gasteiger partial charge in [-0.25, -0.2) is 0 Å². The van der Waals surface area contributed by atoms with E-state index in [1.807, 2.05) is 18.2 Å². The van der Waals surface area contributed by atoms with E-state index in [0.717, 1.165) is 37.9 Å². The van der Waals surface area contributed by atoms with Crippen LogP contribution < -0.4 is 10.6 Å². The van der Waals surface area contributed by atoms with Gasteiger partial charge in [-0.15, -0.1) is 24.8 Å². The number of nitrogens with one attached hydrogen (secondary N) is 2. The van der Waals surface area contributed by atoms with Crippen molar-refractivity contribution in [3.8, 4) is 0 Å². The fourth-order valence-electron chi connectivity index (χ4n) is 3.14. The van der Waals surface area contributed by atoms with Crippen LogP contribution >= 0.6 is 24.8 Å². The molecule has 2 atom stereocenters. The first-order valence-corrected chi connectivity index (χ1v) is 7.51. The molecule has 2 aliphatic heterocycles. The Bertz CT molecular complexity index is 524. The molecular formula is C16H25Cl2N3O. The summed E-state index contributed by atoms with van der Waals surface area (Å²) in [5.41, 5.74) is 3.22. The Morgan fingerprint density at radius 2 is 2.14 bits per heavy atom. The fourth-order valence-corrected chi connectivity index (χ4v) is 3.14. The molecule has 0 saturated carbocycles. The minimum Gasteiger partial charge on any atom is -0.384 e. The number of likely N-dealkylation sites (tertiary alicyclic amines) is 1. The Morgan fingerprint density at radius 3 is 2.86 bits per heavy atom. The summed E-state index contributed by atoms with van der Waals surface area (Å²) in [6.07, 6.45) is 3.09. The number of amides is 1. The highest BCUT2D eigenvalue weighted by Crippen LogP contribution is 2.23. The van der Waals surface area contributed by atoms with Crippen molar-refractivity contribution in [2.24, 2.45) is 0 Å². The number of halogens is 2. The predicted octanol–water partition coefficient (Wildman–Crippen LogP) is 2.71. The first-order valence-electron chi connectivity index (χ1n) is 7.51. The summed E-state index contributed by atoms with van der Waals surface area (Å²) in [6, 6.07) is 6.82. The summed E-state index contributed by atoms with van der Waals surface area (Å²) in [5.74, 6) is 0.0708. The quantitative estimate of drug-likeness (QED) is 0.866. The normalized spacial score (nSPS) is 23.5. The van der Waals surface area contributed by atoms with Gasteiger partial charge in [-0.05, 0) is 57.0 Å². The molecule has 0 aliphatic carbocycles. The van der Waals surface area contributed by atoms with Crippen LogP contribution in [0.25, 0.3) is 0 Å². The van der Waals surface area contributed by atoms with E-state index >= 15 is 0 Å². The molecule has 1 aromatic rings. The van der Waals surface area contributed by atoms with Gasteiger partial charge in [0.05, 0.1) is 0 Å². The summed E-state index contributed by atoms with van der Waals surface area (Å²) in [6.45, 7) is 4.26. The first kappa shape index (κ1) is 19.1. The van der Waals surface area contributed by atoms with Crippen molar-refractivity contribution in [3.63, 3.8) is 0 Å². The van der Waals surface area contributed by atoms with Gasteiger partial charge in [0.2, 0.25) is 0 Å². The third-order valence-corrected chi connectivity index (χ3v) is 4.62. The van der Waals surface area contributed by atoms with Crippen molar-refractivity contribution in [2.45, 2.75) is 38.3 Å².